The average molecular weight is 298 g/mol. The van der Waals surface area contributed by atoms with Gasteiger partial charge >= 0.3 is 0 Å². The highest BCUT2D eigenvalue weighted by Gasteiger charge is 2.40. The van der Waals surface area contributed by atoms with Crippen LogP contribution in [0.1, 0.15) is 19.3 Å². The number of nitrogen functional groups attached to an aromatic ring is 1. The summed E-state index contributed by atoms with van der Waals surface area (Å²) in [6.07, 6.45) is 5.75. The van der Waals surface area contributed by atoms with Crippen LogP contribution >= 0.6 is 15.9 Å². The highest BCUT2D eigenvalue weighted by Crippen LogP contribution is 2.39. The molecule has 92 valence electrons. The van der Waals surface area contributed by atoms with E-state index in [2.05, 4.69) is 26.2 Å². The van der Waals surface area contributed by atoms with Gasteiger partial charge in [0.15, 0.2) is 0 Å². The Labute approximate surface area is 109 Å². The maximum Gasteiger partial charge on any atom is 0.149 e. The zero-order valence-corrected chi connectivity index (χ0v) is 11.1. The molecule has 0 aromatic carbocycles. The molecule has 0 bridgehead atoms. The zero-order chi connectivity index (χ0) is 11.8. The summed E-state index contributed by atoms with van der Waals surface area (Å²) in [6.45, 7) is 0.843. The number of nitrogens with one attached hydrogen (secondary N) is 1. The van der Waals surface area contributed by atoms with Crippen LogP contribution in [0.3, 0.4) is 0 Å². The predicted molar refractivity (Wildman–Crippen MR) is 70.8 cm³/mol. The Morgan fingerprint density at radius 2 is 2.24 bits per heavy atom. The fourth-order valence-electron chi connectivity index (χ4n) is 2.41. The van der Waals surface area contributed by atoms with E-state index >= 15 is 0 Å². The molecule has 2 fully saturated rings. The molecule has 1 saturated carbocycles. The standard InChI is InChI=1S/C12H16BrN3O/c13-8-5-9(14)12(15-6-8)16-10-3-4-17-11(10)7-1-2-7/h5-7,10-11H,1-4,14H2,(H,15,16). The lowest BCUT2D eigenvalue weighted by Gasteiger charge is -2.20. The zero-order valence-electron chi connectivity index (χ0n) is 9.53. The van der Waals surface area contributed by atoms with Crippen LogP contribution < -0.4 is 11.1 Å². The van der Waals surface area contributed by atoms with E-state index in [1.165, 1.54) is 12.8 Å². The van der Waals surface area contributed by atoms with Crippen LogP contribution in [0.2, 0.25) is 0 Å². The van der Waals surface area contributed by atoms with Gasteiger partial charge in [-0.3, -0.25) is 0 Å². The third-order valence-electron chi connectivity index (χ3n) is 3.43. The van der Waals surface area contributed by atoms with Gasteiger partial charge in [0, 0.05) is 17.3 Å². The average Bonchev–Trinajstić information content (AvgIpc) is 3.03. The smallest absolute Gasteiger partial charge is 0.149 e. The lowest BCUT2D eigenvalue weighted by molar-refractivity contribution is 0.0898. The summed E-state index contributed by atoms with van der Waals surface area (Å²) in [7, 11) is 0. The molecule has 3 rings (SSSR count). The van der Waals surface area contributed by atoms with E-state index in [9.17, 15) is 0 Å². The number of aromatic nitrogens is 1. The van der Waals surface area contributed by atoms with Gasteiger partial charge in [0.25, 0.3) is 0 Å². The van der Waals surface area contributed by atoms with Gasteiger partial charge in [-0.2, -0.15) is 0 Å². The summed E-state index contributed by atoms with van der Waals surface area (Å²) in [4.78, 5) is 4.32. The van der Waals surface area contributed by atoms with Crippen LogP contribution in [-0.2, 0) is 4.74 Å². The SMILES string of the molecule is Nc1cc(Br)cnc1NC1CCOC1C1CC1. The first-order valence-electron chi connectivity index (χ1n) is 6.03. The molecular formula is C12H16BrN3O. The number of pyridine rings is 1. The summed E-state index contributed by atoms with van der Waals surface area (Å²) in [6, 6.07) is 2.23. The van der Waals surface area contributed by atoms with E-state index < -0.39 is 0 Å². The van der Waals surface area contributed by atoms with Gasteiger partial charge in [0.05, 0.1) is 17.8 Å². The Morgan fingerprint density at radius 3 is 2.94 bits per heavy atom. The summed E-state index contributed by atoms with van der Waals surface area (Å²) in [5, 5.41) is 3.43. The van der Waals surface area contributed by atoms with Crippen molar-refractivity contribution >= 4 is 27.4 Å². The number of nitrogens with two attached hydrogens (primary N) is 1. The van der Waals surface area contributed by atoms with E-state index in [0.29, 0.717) is 17.8 Å². The van der Waals surface area contributed by atoms with Crippen LogP contribution in [0.4, 0.5) is 11.5 Å². The number of halogens is 1. The van der Waals surface area contributed by atoms with E-state index in [-0.39, 0.29) is 0 Å². The maximum atomic E-state index is 5.94. The Balaban J connectivity index is 1.72. The lowest BCUT2D eigenvalue weighted by atomic mass is 10.1. The third-order valence-corrected chi connectivity index (χ3v) is 3.86. The molecular weight excluding hydrogens is 282 g/mol. The van der Waals surface area contributed by atoms with Crippen molar-refractivity contribution in [2.24, 2.45) is 5.92 Å². The van der Waals surface area contributed by atoms with E-state index in [1.54, 1.807) is 6.20 Å². The number of rotatable bonds is 3. The van der Waals surface area contributed by atoms with Crippen LogP contribution in [-0.4, -0.2) is 23.7 Å². The Kier molecular flexibility index (Phi) is 2.96. The van der Waals surface area contributed by atoms with Crippen LogP contribution in [0.25, 0.3) is 0 Å². The molecule has 1 aliphatic carbocycles. The molecule has 1 aromatic heterocycles. The Morgan fingerprint density at radius 1 is 1.41 bits per heavy atom. The second-order valence-corrected chi connectivity index (χ2v) is 5.72. The molecule has 2 heterocycles. The van der Waals surface area contributed by atoms with Gasteiger partial charge in [0.2, 0.25) is 0 Å². The number of hydrogen-bond acceptors (Lipinski definition) is 4. The largest absolute Gasteiger partial charge is 0.396 e. The number of nitrogens with zero attached hydrogens (tertiary/aromatic N) is 1. The molecule has 2 atom stereocenters. The maximum absolute atomic E-state index is 5.94. The molecule has 2 aliphatic rings. The van der Waals surface area contributed by atoms with E-state index in [0.717, 1.165) is 29.2 Å². The number of anilines is 2. The van der Waals surface area contributed by atoms with Crippen molar-refractivity contribution in [3.05, 3.63) is 16.7 Å². The second-order valence-electron chi connectivity index (χ2n) is 4.80. The first-order valence-corrected chi connectivity index (χ1v) is 6.82. The van der Waals surface area contributed by atoms with Gasteiger partial charge in [-0.25, -0.2) is 4.98 Å². The molecule has 1 aromatic rings. The van der Waals surface area contributed by atoms with E-state index in [4.69, 9.17) is 10.5 Å². The summed E-state index contributed by atoms with van der Waals surface area (Å²) in [5.41, 5.74) is 6.62. The summed E-state index contributed by atoms with van der Waals surface area (Å²) >= 11 is 3.36. The molecule has 2 unspecified atom stereocenters. The molecule has 1 aliphatic heterocycles. The van der Waals surface area contributed by atoms with Crippen molar-refractivity contribution in [1.29, 1.82) is 0 Å². The quantitative estimate of drug-likeness (QED) is 0.899. The Hall–Kier alpha value is -0.810. The number of hydrogen-bond donors (Lipinski definition) is 2. The van der Waals surface area contributed by atoms with Gasteiger partial charge in [-0.1, -0.05) is 0 Å². The molecule has 0 spiro atoms. The Bertz CT molecular complexity index is 422. The highest BCUT2D eigenvalue weighted by atomic mass is 79.9. The molecule has 17 heavy (non-hydrogen) atoms. The number of ether oxygens (including phenoxy) is 1. The topological polar surface area (TPSA) is 60.2 Å². The van der Waals surface area contributed by atoms with Gasteiger partial charge in [-0.15, -0.1) is 0 Å². The normalized spacial score (nSPS) is 28.3. The van der Waals surface area contributed by atoms with Crippen LogP contribution in [0, 0.1) is 5.92 Å². The monoisotopic (exact) mass is 297 g/mol. The molecule has 4 nitrogen and oxygen atoms in total. The minimum Gasteiger partial charge on any atom is -0.396 e. The van der Waals surface area contributed by atoms with Crippen LogP contribution in [0.15, 0.2) is 16.7 Å². The molecule has 5 heteroatoms. The first-order chi connectivity index (χ1) is 8.24. The van der Waals surface area contributed by atoms with Gasteiger partial charge < -0.3 is 15.8 Å². The van der Waals surface area contributed by atoms with Gasteiger partial charge in [-0.05, 0) is 47.2 Å². The van der Waals surface area contributed by atoms with Crippen molar-refractivity contribution < 1.29 is 4.74 Å². The highest BCUT2D eigenvalue weighted by molar-refractivity contribution is 9.10. The molecule has 3 N–H and O–H groups in total. The predicted octanol–water partition coefficient (Wildman–Crippen LogP) is 2.41. The van der Waals surface area contributed by atoms with Crippen molar-refractivity contribution in [2.75, 3.05) is 17.7 Å². The third kappa shape index (κ3) is 2.40. The van der Waals surface area contributed by atoms with Crippen molar-refractivity contribution in [1.82, 2.24) is 4.98 Å². The van der Waals surface area contributed by atoms with E-state index in [1.807, 2.05) is 6.07 Å². The molecule has 1 saturated heterocycles. The van der Waals surface area contributed by atoms with Crippen molar-refractivity contribution in [3.8, 4) is 0 Å². The fraction of sp³-hybridized carbons (Fsp3) is 0.583. The van der Waals surface area contributed by atoms with Gasteiger partial charge in [0.1, 0.15) is 5.82 Å². The minimum atomic E-state index is 0.347. The minimum absolute atomic E-state index is 0.347. The van der Waals surface area contributed by atoms with Crippen molar-refractivity contribution in [3.63, 3.8) is 0 Å². The molecule has 0 radical (unpaired) electrons. The van der Waals surface area contributed by atoms with Crippen molar-refractivity contribution in [2.45, 2.75) is 31.4 Å². The summed E-state index contributed by atoms with van der Waals surface area (Å²) < 4.78 is 6.69. The van der Waals surface area contributed by atoms with Crippen LogP contribution in [0.5, 0.6) is 0 Å². The second kappa shape index (κ2) is 4.46. The molecule has 0 amide bonds. The summed E-state index contributed by atoms with van der Waals surface area (Å²) in [5.74, 6) is 1.51. The first kappa shape index (κ1) is 11.3. The fourth-order valence-corrected chi connectivity index (χ4v) is 2.76. The lowest BCUT2D eigenvalue weighted by Crippen LogP contribution is -2.31.